The molecule has 0 unspecified atom stereocenters. The van der Waals surface area contributed by atoms with E-state index in [1.165, 1.54) is 35.2 Å². The van der Waals surface area contributed by atoms with Crippen molar-refractivity contribution in [3.8, 4) is 17.3 Å². The topological polar surface area (TPSA) is 52.9 Å². The van der Waals surface area contributed by atoms with Crippen LogP contribution < -0.4 is 9.62 Å². The molecule has 0 saturated heterocycles. The van der Waals surface area contributed by atoms with E-state index in [9.17, 15) is 5.11 Å². The van der Waals surface area contributed by atoms with Crippen LogP contribution in [-0.4, -0.2) is 10.1 Å². The van der Waals surface area contributed by atoms with Crippen LogP contribution in [0.1, 0.15) is 48.1 Å². The van der Waals surface area contributed by atoms with Gasteiger partial charge in [-0.2, -0.15) is 0 Å². The number of halogens is 1. The molecule has 0 N–H and O–H groups in total. The van der Waals surface area contributed by atoms with Gasteiger partial charge in [0.25, 0.3) is 5.52 Å². The lowest BCUT2D eigenvalue weighted by atomic mass is 9.83. The molecule has 0 spiro atoms. The van der Waals surface area contributed by atoms with Crippen LogP contribution in [0.5, 0.6) is 5.88 Å². The lowest BCUT2D eigenvalue weighted by Crippen LogP contribution is -2.39. The Bertz CT molecular complexity index is 1010. The summed E-state index contributed by atoms with van der Waals surface area (Å²) in [4.78, 5) is 4.33. The van der Waals surface area contributed by atoms with Crippen LogP contribution in [0.25, 0.3) is 16.9 Å². The molecule has 0 aliphatic heterocycles. The van der Waals surface area contributed by atoms with E-state index < -0.39 is 0 Å². The van der Waals surface area contributed by atoms with Gasteiger partial charge >= 0.3 is 0 Å². The second kappa shape index (κ2) is 6.20. The highest BCUT2D eigenvalue weighted by atomic mass is 35.5. The molecule has 5 heteroatoms. The van der Waals surface area contributed by atoms with Crippen molar-refractivity contribution in [3.63, 3.8) is 0 Å². The Morgan fingerprint density at radius 3 is 2.27 bits per heavy atom. The maximum Gasteiger partial charge on any atom is 0.252 e. The molecular formula is C21H20ClN3O. The first-order valence-corrected chi connectivity index (χ1v) is 9.82. The van der Waals surface area contributed by atoms with Gasteiger partial charge in [-0.25, -0.2) is 4.98 Å². The van der Waals surface area contributed by atoms with Crippen molar-refractivity contribution in [3.05, 3.63) is 51.7 Å². The van der Waals surface area contributed by atoms with E-state index in [1.807, 2.05) is 28.8 Å². The smallest absolute Gasteiger partial charge is 0.252 e. The Hall–Kier alpha value is -2.20. The zero-order chi connectivity index (χ0) is 17.7. The number of aromatic nitrogens is 3. The Balaban J connectivity index is 1.82. The molecule has 2 aliphatic carbocycles. The van der Waals surface area contributed by atoms with Gasteiger partial charge in [0, 0.05) is 33.2 Å². The number of rotatable bonds is 1. The molecule has 0 radical (unpaired) electrons. The van der Waals surface area contributed by atoms with Gasteiger partial charge in [-0.1, -0.05) is 11.6 Å². The van der Waals surface area contributed by atoms with E-state index in [4.69, 9.17) is 16.7 Å². The second-order valence-electron chi connectivity index (χ2n) is 7.30. The number of hydrogen-bond acceptors (Lipinski definition) is 3. The third-order valence-electron chi connectivity index (χ3n) is 5.73. The Morgan fingerprint density at radius 2 is 1.50 bits per heavy atom. The molecule has 4 nitrogen and oxygen atoms in total. The molecule has 0 fully saturated rings. The molecule has 26 heavy (non-hydrogen) atoms. The maximum absolute atomic E-state index is 13.0. The highest BCUT2D eigenvalue weighted by Crippen LogP contribution is 2.34. The van der Waals surface area contributed by atoms with Gasteiger partial charge in [0.15, 0.2) is 0 Å². The third kappa shape index (κ3) is 2.47. The van der Waals surface area contributed by atoms with Gasteiger partial charge in [-0.3, -0.25) is 0 Å². The summed E-state index contributed by atoms with van der Waals surface area (Å²) in [6, 6.07) is 7.35. The lowest BCUT2D eigenvalue weighted by Gasteiger charge is -2.24. The average Bonchev–Trinajstić information content (AvgIpc) is 2.68. The van der Waals surface area contributed by atoms with E-state index in [0.29, 0.717) is 16.4 Å². The molecule has 0 saturated carbocycles. The van der Waals surface area contributed by atoms with E-state index in [-0.39, 0.29) is 5.88 Å². The van der Waals surface area contributed by atoms with Crippen LogP contribution >= 0.6 is 11.6 Å². The van der Waals surface area contributed by atoms with E-state index in [2.05, 4.69) is 4.98 Å². The predicted molar refractivity (Wildman–Crippen MR) is 98.4 cm³/mol. The van der Waals surface area contributed by atoms with Crippen LogP contribution in [0, 0.1) is 0 Å². The number of aryl methyl sites for hydroxylation is 2. The van der Waals surface area contributed by atoms with Crippen molar-refractivity contribution >= 4 is 17.1 Å². The van der Waals surface area contributed by atoms with Crippen molar-refractivity contribution in [2.75, 3.05) is 0 Å². The van der Waals surface area contributed by atoms with Gasteiger partial charge in [-0.05, 0) is 79.3 Å². The fourth-order valence-electron chi connectivity index (χ4n) is 4.53. The summed E-state index contributed by atoms with van der Waals surface area (Å²) in [5, 5.41) is 18.5. The third-order valence-corrected chi connectivity index (χ3v) is 5.98. The van der Waals surface area contributed by atoms with Gasteiger partial charge in [0.05, 0.1) is 5.88 Å². The van der Waals surface area contributed by atoms with Crippen molar-refractivity contribution in [2.45, 2.75) is 51.4 Å². The molecule has 0 bridgehead atoms. The summed E-state index contributed by atoms with van der Waals surface area (Å²) in [5.41, 5.74) is 6.82. The number of hydrogen-bond donors (Lipinski definition) is 0. The average molecular weight is 366 g/mol. The minimum Gasteiger partial charge on any atom is -0.854 e. The second-order valence-corrected chi connectivity index (χ2v) is 7.74. The Kier molecular flexibility index (Phi) is 3.82. The first kappa shape index (κ1) is 16.0. The monoisotopic (exact) mass is 365 g/mol. The normalized spacial score (nSPS) is 16.3. The summed E-state index contributed by atoms with van der Waals surface area (Å²) in [6.45, 7) is 0. The standard InChI is InChI=1S/C21H20ClN3O/c22-14-11-9-13(10-12-14)20-23-21(26)19-17-7-2-1-5-15(17)16-6-3-4-8-18(16)25(19)24-20/h9-12H,1-8H2. The summed E-state index contributed by atoms with van der Waals surface area (Å²) in [6.07, 6.45) is 8.88. The maximum atomic E-state index is 13.0. The number of pyridine rings is 1. The SMILES string of the molecule is [O-]c1nc(-c2ccc(Cl)cc2)n[n+]2c3c(c4c(c12)CCCC4)CCCC3. The molecule has 5 rings (SSSR count). The largest absolute Gasteiger partial charge is 0.854 e. The van der Waals surface area contributed by atoms with Gasteiger partial charge in [0.1, 0.15) is 0 Å². The molecule has 0 atom stereocenters. The number of nitrogens with zero attached hydrogens (tertiary/aromatic N) is 3. The Labute approximate surface area is 157 Å². The molecule has 2 aromatic heterocycles. The van der Waals surface area contributed by atoms with Crippen LogP contribution in [0.4, 0.5) is 0 Å². The van der Waals surface area contributed by atoms with Crippen LogP contribution in [0.3, 0.4) is 0 Å². The van der Waals surface area contributed by atoms with Crippen molar-refractivity contribution in [2.24, 2.45) is 0 Å². The van der Waals surface area contributed by atoms with Crippen LogP contribution in [-0.2, 0) is 25.7 Å². The minimum absolute atomic E-state index is 0.156. The van der Waals surface area contributed by atoms with Crippen molar-refractivity contribution in [1.29, 1.82) is 0 Å². The molecule has 2 heterocycles. The zero-order valence-electron chi connectivity index (χ0n) is 14.6. The number of fused-ring (bicyclic) bond motifs is 6. The summed E-state index contributed by atoms with van der Waals surface area (Å²) < 4.78 is 1.93. The van der Waals surface area contributed by atoms with Gasteiger partial charge < -0.3 is 5.11 Å². The van der Waals surface area contributed by atoms with E-state index >= 15 is 0 Å². The molecule has 3 aromatic rings. The molecule has 1 aromatic carbocycles. The quantitative estimate of drug-likeness (QED) is 0.621. The van der Waals surface area contributed by atoms with Crippen molar-refractivity contribution < 1.29 is 9.62 Å². The summed E-state index contributed by atoms with van der Waals surface area (Å²) in [5.74, 6) is 0.323. The van der Waals surface area contributed by atoms with Gasteiger partial charge in [0.2, 0.25) is 11.5 Å². The van der Waals surface area contributed by atoms with E-state index in [1.54, 1.807) is 0 Å². The fourth-order valence-corrected chi connectivity index (χ4v) is 4.65. The first-order chi connectivity index (χ1) is 12.7. The number of benzene rings is 1. The Morgan fingerprint density at radius 1 is 0.846 bits per heavy atom. The highest BCUT2D eigenvalue weighted by Gasteiger charge is 2.31. The molecule has 132 valence electrons. The van der Waals surface area contributed by atoms with Gasteiger partial charge in [-0.15, -0.1) is 0 Å². The van der Waals surface area contributed by atoms with E-state index in [0.717, 1.165) is 44.1 Å². The first-order valence-electron chi connectivity index (χ1n) is 9.45. The molecule has 2 aliphatic rings. The lowest BCUT2D eigenvalue weighted by molar-refractivity contribution is -0.593. The summed E-state index contributed by atoms with van der Waals surface area (Å²) >= 11 is 5.99. The van der Waals surface area contributed by atoms with Crippen LogP contribution in [0.15, 0.2) is 24.3 Å². The van der Waals surface area contributed by atoms with Crippen LogP contribution in [0.2, 0.25) is 5.02 Å². The highest BCUT2D eigenvalue weighted by molar-refractivity contribution is 6.30. The van der Waals surface area contributed by atoms with Crippen molar-refractivity contribution in [1.82, 2.24) is 10.1 Å². The molecular weight excluding hydrogens is 346 g/mol. The minimum atomic E-state index is -0.156. The fraction of sp³-hybridized carbons (Fsp3) is 0.381. The molecule has 0 amide bonds. The zero-order valence-corrected chi connectivity index (χ0v) is 15.4. The predicted octanol–water partition coefficient (Wildman–Crippen LogP) is 3.37. The summed E-state index contributed by atoms with van der Waals surface area (Å²) in [7, 11) is 0.